The zero-order valence-corrected chi connectivity index (χ0v) is 15.2. The van der Waals surface area contributed by atoms with Crippen LogP contribution >= 0.6 is 23.1 Å². The first kappa shape index (κ1) is 17.8. The van der Waals surface area contributed by atoms with Gasteiger partial charge >= 0.3 is 5.97 Å². The molecule has 25 heavy (non-hydrogen) atoms. The fraction of sp³-hybridized carbons (Fsp3) is 0.333. The van der Waals surface area contributed by atoms with Gasteiger partial charge in [-0.1, -0.05) is 0 Å². The molecular formula is C18H19NO4S2. The van der Waals surface area contributed by atoms with E-state index in [1.165, 1.54) is 4.88 Å². The second-order valence-corrected chi connectivity index (χ2v) is 7.87. The summed E-state index contributed by atoms with van der Waals surface area (Å²) in [5.74, 6) is 0.806. The lowest BCUT2D eigenvalue weighted by molar-refractivity contribution is -0.137. The summed E-state index contributed by atoms with van der Waals surface area (Å²) in [6, 6.07) is 9.20. The summed E-state index contributed by atoms with van der Waals surface area (Å²) in [6.07, 6.45) is 1.60. The zero-order chi connectivity index (χ0) is 17.6. The molecule has 5 nitrogen and oxygen atoms in total. The molecule has 2 N–H and O–H groups in total. The molecule has 1 aromatic carbocycles. The van der Waals surface area contributed by atoms with Gasteiger partial charge in [-0.15, -0.1) is 23.1 Å². The Morgan fingerprint density at radius 2 is 2.04 bits per heavy atom. The average molecular weight is 377 g/mol. The average Bonchev–Trinajstić information content (AvgIpc) is 3.08. The van der Waals surface area contributed by atoms with Crippen molar-refractivity contribution in [1.82, 2.24) is 0 Å². The summed E-state index contributed by atoms with van der Waals surface area (Å²) in [5.41, 5.74) is 1.86. The van der Waals surface area contributed by atoms with Crippen molar-refractivity contribution in [3.05, 3.63) is 46.2 Å². The van der Waals surface area contributed by atoms with Gasteiger partial charge < -0.3 is 15.2 Å². The smallest absolute Gasteiger partial charge is 0.303 e. The van der Waals surface area contributed by atoms with Crippen LogP contribution in [-0.4, -0.2) is 29.3 Å². The molecule has 1 aliphatic heterocycles. The van der Waals surface area contributed by atoms with Crippen LogP contribution in [0.1, 0.15) is 28.5 Å². The van der Waals surface area contributed by atoms with Gasteiger partial charge in [0.25, 0.3) is 0 Å². The van der Waals surface area contributed by atoms with Gasteiger partial charge in [-0.05, 0) is 59.9 Å². The predicted molar refractivity (Wildman–Crippen MR) is 101 cm³/mol. The second-order valence-electron chi connectivity index (χ2n) is 5.66. The van der Waals surface area contributed by atoms with Crippen molar-refractivity contribution in [3.63, 3.8) is 0 Å². The number of anilines is 1. The van der Waals surface area contributed by atoms with Crippen LogP contribution in [0, 0.1) is 0 Å². The molecule has 0 bridgehead atoms. The molecule has 1 unspecified atom stereocenters. The summed E-state index contributed by atoms with van der Waals surface area (Å²) in [6.45, 7) is 0.359. The van der Waals surface area contributed by atoms with Gasteiger partial charge in [0.05, 0.1) is 6.61 Å². The van der Waals surface area contributed by atoms with E-state index in [0.717, 1.165) is 23.4 Å². The van der Waals surface area contributed by atoms with Crippen molar-refractivity contribution >= 4 is 40.7 Å². The highest BCUT2D eigenvalue weighted by atomic mass is 32.2. The van der Waals surface area contributed by atoms with Crippen molar-refractivity contribution < 1.29 is 19.4 Å². The van der Waals surface area contributed by atoms with Crippen molar-refractivity contribution in [3.8, 4) is 5.75 Å². The van der Waals surface area contributed by atoms with Gasteiger partial charge in [-0.25, -0.2) is 0 Å². The minimum Gasteiger partial charge on any atom is -0.494 e. The van der Waals surface area contributed by atoms with Crippen LogP contribution in [0.3, 0.4) is 0 Å². The number of carbonyl (C=O) groups is 2. The molecule has 1 aromatic heterocycles. The van der Waals surface area contributed by atoms with Crippen molar-refractivity contribution in [2.45, 2.75) is 24.5 Å². The third-order valence-corrected chi connectivity index (χ3v) is 6.08. The highest BCUT2D eigenvalue weighted by Gasteiger charge is 2.27. The molecule has 2 aromatic rings. The molecule has 132 valence electrons. The standard InChI is InChI=1S/C18H19NO4S2/c20-16(21)2-1-9-23-13-5-3-12(4-6-13)19-18(22)17-14-7-10-24-15(14)8-11-25-17/h3-7,10,17H,1-2,8-9,11H2,(H,19,22)(H,20,21). The normalized spacial score (nSPS) is 16.1. The Kier molecular flexibility index (Phi) is 5.99. The number of aliphatic carboxylic acids is 1. The number of aryl methyl sites for hydroxylation is 1. The second kappa shape index (κ2) is 8.40. The van der Waals surface area contributed by atoms with Crippen LogP contribution in [-0.2, 0) is 16.0 Å². The van der Waals surface area contributed by atoms with Gasteiger partial charge in [0.1, 0.15) is 11.0 Å². The minimum absolute atomic E-state index is 0.000485. The van der Waals surface area contributed by atoms with Crippen molar-refractivity contribution in [2.75, 3.05) is 17.7 Å². The number of hydrogen-bond donors (Lipinski definition) is 2. The Balaban J connectivity index is 1.53. The quantitative estimate of drug-likeness (QED) is 0.714. The molecule has 1 aliphatic rings. The molecule has 0 aliphatic carbocycles. The molecular weight excluding hydrogens is 358 g/mol. The summed E-state index contributed by atoms with van der Waals surface area (Å²) < 4.78 is 5.49. The van der Waals surface area contributed by atoms with Gasteiger partial charge in [-0.3, -0.25) is 9.59 Å². The number of carboxylic acid groups (broad SMARTS) is 1. The molecule has 7 heteroatoms. The molecule has 0 radical (unpaired) electrons. The third-order valence-electron chi connectivity index (χ3n) is 3.84. The number of benzene rings is 1. The third kappa shape index (κ3) is 4.76. The van der Waals surface area contributed by atoms with Gasteiger partial charge in [0.15, 0.2) is 0 Å². The maximum Gasteiger partial charge on any atom is 0.303 e. The van der Waals surface area contributed by atoms with Gasteiger partial charge in [0.2, 0.25) is 5.91 Å². The Morgan fingerprint density at radius 3 is 2.80 bits per heavy atom. The van der Waals surface area contributed by atoms with Crippen LogP contribution in [0.5, 0.6) is 5.75 Å². The topological polar surface area (TPSA) is 75.6 Å². The van der Waals surface area contributed by atoms with Crippen LogP contribution in [0.2, 0.25) is 0 Å². The van der Waals surface area contributed by atoms with Crippen LogP contribution in [0.4, 0.5) is 5.69 Å². The van der Waals surface area contributed by atoms with Gasteiger partial charge in [0, 0.05) is 17.0 Å². The molecule has 0 spiro atoms. The summed E-state index contributed by atoms with van der Waals surface area (Å²) in [7, 11) is 0. The SMILES string of the molecule is O=C(O)CCCOc1ccc(NC(=O)C2SCCc3sccc32)cc1. The monoisotopic (exact) mass is 377 g/mol. The molecule has 1 amide bonds. The number of ether oxygens (including phenoxy) is 1. The molecule has 3 rings (SSSR count). The highest BCUT2D eigenvalue weighted by molar-refractivity contribution is 8.00. The van der Waals surface area contributed by atoms with E-state index in [2.05, 4.69) is 5.32 Å². The van der Waals surface area contributed by atoms with Crippen molar-refractivity contribution in [2.24, 2.45) is 0 Å². The maximum atomic E-state index is 12.6. The zero-order valence-electron chi connectivity index (χ0n) is 13.6. The molecule has 0 fully saturated rings. The van der Waals surface area contributed by atoms with E-state index in [4.69, 9.17) is 9.84 Å². The fourth-order valence-corrected chi connectivity index (χ4v) is 4.91. The number of amides is 1. The fourth-order valence-electron chi connectivity index (χ4n) is 2.62. The number of fused-ring (bicyclic) bond motifs is 1. The van der Waals surface area contributed by atoms with E-state index in [1.54, 1.807) is 47.4 Å². The summed E-state index contributed by atoms with van der Waals surface area (Å²) in [5, 5.41) is 13.5. The first-order valence-corrected chi connectivity index (χ1v) is 10.00. The predicted octanol–water partition coefficient (Wildman–Crippen LogP) is 3.96. The Labute approximate surface area is 154 Å². The van der Waals surface area contributed by atoms with Crippen LogP contribution < -0.4 is 10.1 Å². The maximum absolute atomic E-state index is 12.6. The van der Waals surface area contributed by atoms with Gasteiger partial charge in [-0.2, -0.15) is 0 Å². The molecule has 0 saturated carbocycles. The number of hydrogen-bond acceptors (Lipinski definition) is 5. The highest BCUT2D eigenvalue weighted by Crippen LogP contribution is 2.39. The van der Waals surface area contributed by atoms with Crippen LogP contribution in [0.15, 0.2) is 35.7 Å². The minimum atomic E-state index is -0.823. The largest absolute Gasteiger partial charge is 0.494 e. The van der Waals surface area contributed by atoms with E-state index in [0.29, 0.717) is 18.8 Å². The lowest BCUT2D eigenvalue weighted by Crippen LogP contribution is -2.22. The van der Waals surface area contributed by atoms with Crippen molar-refractivity contribution in [1.29, 1.82) is 0 Å². The van der Waals surface area contributed by atoms with E-state index >= 15 is 0 Å². The van der Waals surface area contributed by atoms with E-state index < -0.39 is 5.97 Å². The summed E-state index contributed by atoms with van der Waals surface area (Å²) in [4.78, 5) is 24.3. The molecule has 0 saturated heterocycles. The molecule has 1 atom stereocenters. The molecule has 2 heterocycles. The number of thioether (sulfide) groups is 1. The number of carboxylic acids is 1. The van der Waals surface area contributed by atoms with E-state index in [-0.39, 0.29) is 17.6 Å². The van der Waals surface area contributed by atoms with Crippen LogP contribution in [0.25, 0.3) is 0 Å². The number of thiophene rings is 1. The number of carbonyl (C=O) groups excluding carboxylic acids is 1. The van der Waals surface area contributed by atoms with E-state index in [1.807, 2.05) is 11.4 Å². The lowest BCUT2D eigenvalue weighted by Gasteiger charge is -2.21. The number of nitrogens with one attached hydrogen (secondary N) is 1. The Bertz CT molecular complexity index is 742. The lowest BCUT2D eigenvalue weighted by atomic mass is 10.1. The van der Waals surface area contributed by atoms with E-state index in [9.17, 15) is 9.59 Å². The first-order chi connectivity index (χ1) is 12.1. The Morgan fingerprint density at radius 1 is 1.24 bits per heavy atom. The number of rotatable bonds is 7. The summed E-state index contributed by atoms with van der Waals surface area (Å²) >= 11 is 3.40. The Hall–Kier alpha value is -1.99. The first-order valence-electron chi connectivity index (χ1n) is 8.07.